The Bertz CT molecular complexity index is 314. The summed E-state index contributed by atoms with van der Waals surface area (Å²) in [6.45, 7) is 0.313. The third kappa shape index (κ3) is 5.41. The van der Waals surface area contributed by atoms with Gasteiger partial charge in [-0.3, -0.25) is 0 Å². The minimum absolute atomic E-state index is 0.313. The quantitative estimate of drug-likeness (QED) is 0.686. The highest BCUT2D eigenvalue weighted by Gasteiger charge is 2.01. The molecule has 3 heteroatoms. The molecule has 0 atom stereocenters. The van der Waals surface area contributed by atoms with Gasteiger partial charge in [-0.25, -0.2) is 0 Å². The standard InChI is InChI=1S/C15H24O3/c1-17-14-10-13(11-15(12-14)18-2)8-6-4-3-5-7-9-16/h10-12,16H,3-9H2,1-2H3. The van der Waals surface area contributed by atoms with E-state index in [0.29, 0.717) is 6.61 Å². The molecule has 0 heterocycles. The predicted molar refractivity (Wildman–Crippen MR) is 73.4 cm³/mol. The molecule has 0 saturated carbocycles. The molecule has 1 N–H and O–H groups in total. The van der Waals surface area contributed by atoms with E-state index in [4.69, 9.17) is 14.6 Å². The van der Waals surface area contributed by atoms with Crippen molar-refractivity contribution in [3.8, 4) is 11.5 Å². The Hall–Kier alpha value is -1.22. The van der Waals surface area contributed by atoms with Crippen LogP contribution in [-0.2, 0) is 6.42 Å². The van der Waals surface area contributed by atoms with Crippen molar-refractivity contribution >= 4 is 0 Å². The van der Waals surface area contributed by atoms with Crippen molar-refractivity contribution in [2.24, 2.45) is 0 Å². The largest absolute Gasteiger partial charge is 0.497 e. The number of benzene rings is 1. The Balaban J connectivity index is 2.36. The third-order valence-corrected chi connectivity index (χ3v) is 3.03. The zero-order valence-corrected chi connectivity index (χ0v) is 11.4. The maximum atomic E-state index is 8.69. The normalized spacial score (nSPS) is 10.4. The van der Waals surface area contributed by atoms with E-state index in [1.165, 1.54) is 24.8 Å². The molecular weight excluding hydrogens is 228 g/mol. The lowest BCUT2D eigenvalue weighted by molar-refractivity contribution is 0.282. The molecule has 0 aliphatic rings. The molecule has 3 nitrogen and oxygen atoms in total. The maximum absolute atomic E-state index is 8.69. The molecule has 1 aromatic rings. The van der Waals surface area contributed by atoms with E-state index < -0.39 is 0 Å². The lowest BCUT2D eigenvalue weighted by Gasteiger charge is -2.08. The molecule has 1 aromatic carbocycles. The molecule has 0 saturated heterocycles. The van der Waals surface area contributed by atoms with Crippen LogP contribution in [0.3, 0.4) is 0 Å². The first-order valence-corrected chi connectivity index (χ1v) is 6.63. The summed E-state index contributed by atoms with van der Waals surface area (Å²) in [6.07, 6.45) is 6.67. The van der Waals surface area contributed by atoms with E-state index in [0.717, 1.165) is 30.8 Å². The number of unbranched alkanes of at least 4 members (excludes halogenated alkanes) is 4. The van der Waals surface area contributed by atoms with Gasteiger partial charge in [0.1, 0.15) is 11.5 Å². The molecule has 0 unspecified atom stereocenters. The number of ether oxygens (including phenoxy) is 2. The molecule has 0 fully saturated rings. The van der Waals surface area contributed by atoms with Gasteiger partial charge in [0, 0.05) is 12.7 Å². The van der Waals surface area contributed by atoms with Gasteiger partial charge in [0.05, 0.1) is 14.2 Å². The van der Waals surface area contributed by atoms with Gasteiger partial charge in [0.15, 0.2) is 0 Å². The van der Waals surface area contributed by atoms with Crippen LogP contribution in [-0.4, -0.2) is 25.9 Å². The first-order valence-electron chi connectivity index (χ1n) is 6.63. The summed E-state index contributed by atoms with van der Waals surface area (Å²) in [5.74, 6) is 1.70. The summed E-state index contributed by atoms with van der Waals surface area (Å²) in [5.41, 5.74) is 1.26. The molecule has 1 rings (SSSR count). The summed E-state index contributed by atoms with van der Waals surface area (Å²) >= 11 is 0. The molecule has 0 aromatic heterocycles. The molecule has 0 bridgehead atoms. The van der Waals surface area contributed by atoms with Gasteiger partial charge in [-0.1, -0.05) is 19.3 Å². The predicted octanol–water partition coefficient (Wildman–Crippen LogP) is 3.19. The summed E-state index contributed by atoms with van der Waals surface area (Å²) in [7, 11) is 3.35. The Morgan fingerprint density at radius 2 is 1.39 bits per heavy atom. The van der Waals surface area contributed by atoms with E-state index >= 15 is 0 Å². The minimum Gasteiger partial charge on any atom is -0.497 e. The Labute approximate surface area is 110 Å². The fourth-order valence-corrected chi connectivity index (χ4v) is 1.98. The van der Waals surface area contributed by atoms with Crippen molar-refractivity contribution in [3.05, 3.63) is 23.8 Å². The van der Waals surface area contributed by atoms with Crippen LogP contribution in [0.1, 0.15) is 37.7 Å². The molecule has 0 spiro atoms. The van der Waals surface area contributed by atoms with Crippen LogP contribution in [0, 0.1) is 0 Å². The number of aryl methyl sites for hydroxylation is 1. The molecule has 0 aliphatic heterocycles. The van der Waals surface area contributed by atoms with E-state index in [1.54, 1.807) is 14.2 Å². The lowest BCUT2D eigenvalue weighted by atomic mass is 10.0. The second-order valence-electron chi connectivity index (χ2n) is 4.46. The van der Waals surface area contributed by atoms with Gasteiger partial charge in [-0.15, -0.1) is 0 Å². The van der Waals surface area contributed by atoms with Crippen LogP contribution in [0.5, 0.6) is 11.5 Å². The molecule has 102 valence electrons. The van der Waals surface area contributed by atoms with Gasteiger partial charge < -0.3 is 14.6 Å². The zero-order valence-electron chi connectivity index (χ0n) is 11.4. The number of hydrogen-bond acceptors (Lipinski definition) is 3. The molecule has 0 radical (unpaired) electrons. The smallest absolute Gasteiger partial charge is 0.122 e. The second-order valence-corrected chi connectivity index (χ2v) is 4.46. The van der Waals surface area contributed by atoms with Crippen LogP contribution in [0.4, 0.5) is 0 Å². The van der Waals surface area contributed by atoms with Crippen molar-refractivity contribution in [1.82, 2.24) is 0 Å². The number of methoxy groups -OCH3 is 2. The average molecular weight is 252 g/mol. The molecule has 0 aliphatic carbocycles. The SMILES string of the molecule is COc1cc(CCCCCCCO)cc(OC)c1. The highest BCUT2D eigenvalue weighted by atomic mass is 16.5. The highest BCUT2D eigenvalue weighted by molar-refractivity contribution is 5.38. The number of hydrogen-bond donors (Lipinski definition) is 1. The average Bonchev–Trinajstić information content (AvgIpc) is 2.42. The summed E-state index contributed by atoms with van der Waals surface area (Å²) in [5, 5.41) is 8.69. The van der Waals surface area contributed by atoms with Crippen LogP contribution in [0.15, 0.2) is 18.2 Å². The highest BCUT2D eigenvalue weighted by Crippen LogP contribution is 2.23. The Morgan fingerprint density at radius 1 is 0.833 bits per heavy atom. The van der Waals surface area contributed by atoms with Gasteiger partial charge in [0.25, 0.3) is 0 Å². The van der Waals surface area contributed by atoms with E-state index in [-0.39, 0.29) is 0 Å². The van der Waals surface area contributed by atoms with Gasteiger partial charge >= 0.3 is 0 Å². The first kappa shape index (κ1) is 14.8. The topological polar surface area (TPSA) is 38.7 Å². The Kier molecular flexibility index (Phi) is 7.26. The van der Waals surface area contributed by atoms with E-state index in [2.05, 4.69) is 12.1 Å². The van der Waals surface area contributed by atoms with Crippen molar-refractivity contribution < 1.29 is 14.6 Å². The van der Waals surface area contributed by atoms with Gasteiger partial charge in [-0.05, 0) is 37.0 Å². The van der Waals surface area contributed by atoms with Crippen molar-refractivity contribution in [2.45, 2.75) is 38.5 Å². The first-order chi connectivity index (χ1) is 8.80. The molecule has 18 heavy (non-hydrogen) atoms. The fourth-order valence-electron chi connectivity index (χ4n) is 1.98. The fraction of sp³-hybridized carbons (Fsp3) is 0.600. The maximum Gasteiger partial charge on any atom is 0.122 e. The van der Waals surface area contributed by atoms with Gasteiger partial charge in [-0.2, -0.15) is 0 Å². The van der Waals surface area contributed by atoms with Gasteiger partial charge in [0.2, 0.25) is 0 Å². The summed E-state index contributed by atoms with van der Waals surface area (Å²) < 4.78 is 10.5. The summed E-state index contributed by atoms with van der Waals surface area (Å²) in [6, 6.07) is 6.03. The summed E-state index contributed by atoms with van der Waals surface area (Å²) in [4.78, 5) is 0. The monoisotopic (exact) mass is 252 g/mol. The van der Waals surface area contributed by atoms with Crippen molar-refractivity contribution in [2.75, 3.05) is 20.8 Å². The van der Waals surface area contributed by atoms with E-state index in [1.807, 2.05) is 6.07 Å². The lowest BCUT2D eigenvalue weighted by Crippen LogP contribution is -1.92. The molecule has 0 amide bonds. The van der Waals surface area contributed by atoms with Crippen LogP contribution in [0.25, 0.3) is 0 Å². The molecular formula is C15H24O3. The third-order valence-electron chi connectivity index (χ3n) is 3.03. The number of rotatable bonds is 9. The zero-order chi connectivity index (χ0) is 13.2. The second kappa shape index (κ2) is 8.81. The number of aliphatic hydroxyl groups excluding tert-OH is 1. The minimum atomic E-state index is 0.313. The van der Waals surface area contributed by atoms with Crippen LogP contribution >= 0.6 is 0 Å². The van der Waals surface area contributed by atoms with Crippen molar-refractivity contribution in [3.63, 3.8) is 0 Å². The number of aliphatic hydroxyl groups is 1. The Morgan fingerprint density at radius 3 is 1.94 bits per heavy atom. The van der Waals surface area contributed by atoms with E-state index in [9.17, 15) is 0 Å². The van der Waals surface area contributed by atoms with Crippen LogP contribution in [0.2, 0.25) is 0 Å². The van der Waals surface area contributed by atoms with Crippen LogP contribution < -0.4 is 9.47 Å². The van der Waals surface area contributed by atoms with Crippen molar-refractivity contribution in [1.29, 1.82) is 0 Å².